The topological polar surface area (TPSA) is 89.3 Å². The molecule has 208 valence electrons. The van der Waals surface area contributed by atoms with Crippen molar-refractivity contribution in [1.29, 1.82) is 5.26 Å². The molecule has 0 amide bonds. The van der Waals surface area contributed by atoms with Gasteiger partial charge in [0.15, 0.2) is 12.1 Å². The number of nitriles is 1. The van der Waals surface area contributed by atoms with Crippen LogP contribution in [0.1, 0.15) is 60.5 Å². The van der Waals surface area contributed by atoms with Crippen LogP contribution < -0.4 is 0 Å². The molecule has 8 nitrogen and oxygen atoms in total. The molecule has 2 fully saturated rings. The smallest absolute Gasteiger partial charge is 0.167 e. The first-order valence-corrected chi connectivity index (χ1v) is 14.2. The number of benzene rings is 2. The van der Waals surface area contributed by atoms with Gasteiger partial charge in [0.2, 0.25) is 0 Å². The van der Waals surface area contributed by atoms with E-state index in [2.05, 4.69) is 57.2 Å². The second-order valence-corrected chi connectivity index (χ2v) is 10.7. The Kier molecular flexibility index (Phi) is 8.25. The number of likely N-dealkylation sites (tertiary alicyclic amines) is 1. The maximum atomic E-state index is 8.93. The van der Waals surface area contributed by atoms with E-state index in [4.69, 9.17) is 19.3 Å². The summed E-state index contributed by atoms with van der Waals surface area (Å²) >= 11 is 0. The van der Waals surface area contributed by atoms with Crippen molar-refractivity contribution in [1.82, 2.24) is 19.6 Å². The van der Waals surface area contributed by atoms with E-state index in [0.29, 0.717) is 12.3 Å². The van der Waals surface area contributed by atoms with E-state index in [1.165, 1.54) is 5.56 Å². The number of hydrogen-bond acceptors (Lipinski definition) is 7. The molecule has 0 aliphatic carbocycles. The molecule has 2 unspecified atom stereocenters. The van der Waals surface area contributed by atoms with Crippen LogP contribution in [0.5, 0.6) is 0 Å². The lowest BCUT2D eigenvalue weighted by atomic mass is 10.0. The van der Waals surface area contributed by atoms with E-state index < -0.39 is 0 Å². The molecule has 4 aromatic rings. The number of hydrogen-bond donors (Lipinski definition) is 0. The Morgan fingerprint density at radius 1 is 1.02 bits per heavy atom. The molecular weight excluding hydrogens is 514 g/mol. The lowest BCUT2D eigenvalue weighted by Crippen LogP contribution is -2.45. The number of nitrogens with zero attached hydrogens (tertiary/aromatic N) is 5. The molecule has 0 radical (unpaired) electrons. The predicted octanol–water partition coefficient (Wildman–Crippen LogP) is 5.55. The standard InChI is InChI=1S/C33H33N5O3/c1-24(40-32-4-2-3-17-39-32)33-35-15-16-38(33)23-30-18-31(41-36-30)29-13-11-26(12-14-29)6-5-25-7-9-27(10-8-25)20-37-21-28(19-34)22-37/h7-16,18,24,28,32H,2-4,17,20-23H2,1H3. The van der Waals surface area contributed by atoms with E-state index in [1.54, 1.807) is 6.20 Å². The van der Waals surface area contributed by atoms with Gasteiger partial charge in [-0.1, -0.05) is 29.1 Å². The van der Waals surface area contributed by atoms with Crippen LogP contribution in [0, 0.1) is 29.1 Å². The Morgan fingerprint density at radius 3 is 2.49 bits per heavy atom. The monoisotopic (exact) mass is 547 g/mol. The first-order valence-electron chi connectivity index (χ1n) is 14.2. The highest BCUT2D eigenvalue weighted by molar-refractivity contribution is 5.59. The van der Waals surface area contributed by atoms with Crippen LogP contribution in [-0.4, -0.2) is 45.6 Å². The summed E-state index contributed by atoms with van der Waals surface area (Å²) in [6.07, 6.45) is 6.49. The fourth-order valence-electron chi connectivity index (χ4n) is 5.21. The summed E-state index contributed by atoms with van der Waals surface area (Å²) in [4.78, 5) is 6.80. The highest BCUT2D eigenvalue weighted by Gasteiger charge is 2.26. The third-order valence-electron chi connectivity index (χ3n) is 7.52. The quantitative estimate of drug-likeness (QED) is 0.267. The molecule has 2 aromatic heterocycles. The van der Waals surface area contributed by atoms with Gasteiger partial charge in [-0.3, -0.25) is 4.90 Å². The number of ether oxygens (including phenoxy) is 2. The summed E-state index contributed by atoms with van der Waals surface area (Å²) in [5.74, 6) is 8.22. The maximum absolute atomic E-state index is 8.93. The first-order chi connectivity index (χ1) is 20.1. The average molecular weight is 548 g/mol. The van der Waals surface area contributed by atoms with E-state index in [-0.39, 0.29) is 18.3 Å². The Bertz CT molecular complexity index is 1540. The molecule has 2 aliphatic rings. The SMILES string of the molecule is CC(OC1CCCCO1)c1nccn1Cc1cc(-c2ccc(C#Cc3ccc(CN4CC(C#N)C4)cc3)cc2)on1. The van der Waals surface area contributed by atoms with Crippen LogP contribution in [0.4, 0.5) is 0 Å². The van der Waals surface area contributed by atoms with Crippen molar-refractivity contribution in [2.45, 2.75) is 51.7 Å². The summed E-state index contributed by atoms with van der Waals surface area (Å²) in [6.45, 7) is 5.90. The van der Waals surface area contributed by atoms with Gasteiger partial charge in [-0.2, -0.15) is 5.26 Å². The lowest BCUT2D eigenvalue weighted by molar-refractivity contribution is -0.188. The molecule has 2 aromatic carbocycles. The normalized spacial score (nSPS) is 18.2. The van der Waals surface area contributed by atoms with E-state index in [1.807, 2.05) is 48.0 Å². The maximum Gasteiger partial charge on any atom is 0.167 e. The zero-order chi connectivity index (χ0) is 28.0. The summed E-state index contributed by atoms with van der Waals surface area (Å²) in [7, 11) is 0. The van der Waals surface area contributed by atoms with Gasteiger partial charge >= 0.3 is 0 Å². The third kappa shape index (κ3) is 6.75. The fourth-order valence-corrected chi connectivity index (χ4v) is 5.21. The third-order valence-corrected chi connectivity index (χ3v) is 7.52. The van der Waals surface area contributed by atoms with Crippen molar-refractivity contribution in [2.75, 3.05) is 19.7 Å². The van der Waals surface area contributed by atoms with Crippen LogP contribution in [0.25, 0.3) is 11.3 Å². The van der Waals surface area contributed by atoms with Crippen LogP contribution in [0.3, 0.4) is 0 Å². The molecule has 2 saturated heterocycles. The second kappa shape index (κ2) is 12.5. The summed E-state index contributed by atoms with van der Waals surface area (Å²) in [5.41, 5.74) is 4.90. The van der Waals surface area contributed by atoms with Crippen LogP contribution in [-0.2, 0) is 22.6 Å². The Hall–Kier alpha value is -4.21. The van der Waals surface area contributed by atoms with Crippen molar-refractivity contribution in [3.05, 3.63) is 95.2 Å². The highest BCUT2D eigenvalue weighted by Crippen LogP contribution is 2.25. The lowest BCUT2D eigenvalue weighted by Gasteiger charge is -2.35. The summed E-state index contributed by atoms with van der Waals surface area (Å²) in [5, 5.41) is 13.2. The molecule has 0 saturated carbocycles. The van der Waals surface area contributed by atoms with E-state index in [9.17, 15) is 0 Å². The van der Waals surface area contributed by atoms with Crippen molar-refractivity contribution >= 4 is 0 Å². The minimum Gasteiger partial charge on any atom is -0.356 e. The van der Waals surface area contributed by atoms with Gasteiger partial charge in [-0.15, -0.1) is 0 Å². The van der Waals surface area contributed by atoms with Crippen LogP contribution in [0.15, 0.2) is 71.5 Å². The van der Waals surface area contributed by atoms with Gasteiger partial charge in [0, 0.05) is 61.4 Å². The number of rotatable bonds is 8. The number of aromatic nitrogens is 3. The summed E-state index contributed by atoms with van der Waals surface area (Å²) < 4.78 is 19.5. The number of imidazole rings is 1. The van der Waals surface area contributed by atoms with Crippen molar-refractivity contribution in [3.8, 4) is 29.2 Å². The summed E-state index contributed by atoms with van der Waals surface area (Å²) in [6, 6.07) is 20.6. The molecule has 0 spiro atoms. The second-order valence-electron chi connectivity index (χ2n) is 10.7. The molecule has 8 heteroatoms. The van der Waals surface area contributed by atoms with Gasteiger partial charge in [0.1, 0.15) is 17.6 Å². The average Bonchev–Trinajstić information content (AvgIpc) is 3.65. The van der Waals surface area contributed by atoms with E-state index in [0.717, 1.165) is 73.7 Å². The zero-order valence-corrected chi connectivity index (χ0v) is 23.2. The zero-order valence-electron chi connectivity index (χ0n) is 23.2. The molecule has 2 aliphatic heterocycles. The minimum atomic E-state index is -0.185. The predicted molar refractivity (Wildman–Crippen MR) is 153 cm³/mol. The van der Waals surface area contributed by atoms with Crippen molar-refractivity contribution < 1.29 is 14.0 Å². The Labute approximate surface area is 240 Å². The van der Waals surface area contributed by atoms with Crippen molar-refractivity contribution in [3.63, 3.8) is 0 Å². The van der Waals surface area contributed by atoms with Gasteiger partial charge in [0.25, 0.3) is 0 Å². The van der Waals surface area contributed by atoms with Crippen LogP contribution in [0.2, 0.25) is 0 Å². The molecule has 0 bridgehead atoms. The highest BCUT2D eigenvalue weighted by atomic mass is 16.7. The molecule has 4 heterocycles. The van der Waals surface area contributed by atoms with Gasteiger partial charge < -0.3 is 18.6 Å². The Balaban J connectivity index is 1.04. The largest absolute Gasteiger partial charge is 0.356 e. The van der Waals surface area contributed by atoms with Crippen molar-refractivity contribution in [2.24, 2.45) is 5.92 Å². The van der Waals surface area contributed by atoms with E-state index >= 15 is 0 Å². The van der Waals surface area contributed by atoms with Gasteiger partial charge in [0.05, 0.1) is 18.5 Å². The molecule has 0 N–H and O–H groups in total. The molecule has 2 atom stereocenters. The fraction of sp³-hybridized carbons (Fsp3) is 0.364. The minimum absolute atomic E-state index is 0.171. The van der Waals surface area contributed by atoms with Gasteiger partial charge in [-0.25, -0.2) is 4.98 Å². The molecule has 41 heavy (non-hydrogen) atoms. The molecular formula is C33H33N5O3. The van der Waals surface area contributed by atoms with Crippen LogP contribution >= 0.6 is 0 Å². The first kappa shape index (κ1) is 27.0. The molecule has 6 rings (SSSR count). The Morgan fingerprint density at radius 2 is 1.78 bits per heavy atom. The van der Waals surface area contributed by atoms with Gasteiger partial charge in [-0.05, 0) is 68.1 Å².